The first-order valence-electron chi connectivity index (χ1n) is 6.69. The van der Waals surface area contributed by atoms with Crippen LogP contribution in [0.1, 0.15) is 17.0 Å². The lowest BCUT2D eigenvalue weighted by atomic mass is 10.2. The zero-order chi connectivity index (χ0) is 14.1. The molecule has 0 amide bonds. The third kappa shape index (κ3) is 2.13. The second kappa shape index (κ2) is 4.96. The highest BCUT2D eigenvalue weighted by Crippen LogP contribution is 2.17. The van der Waals surface area contributed by atoms with E-state index in [1.165, 1.54) is 11.3 Å². The number of fused-ring (bicyclic) bond motifs is 1. The van der Waals surface area contributed by atoms with Gasteiger partial charge in [-0.05, 0) is 32.4 Å². The molecule has 0 aliphatic carbocycles. The lowest BCUT2D eigenvalue weighted by molar-refractivity contribution is 0.614. The zero-order valence-electron chi connectivity index (χ0n) is 11.9. The Labute approximate surface area is 117 Å². The van der Waals surface area contributed by atoms with Crippen LogP contribution in [0.25, 0.3) is 11.0 Å². The molecule has 3 aromatic heterocycles. The van der Waals surface area contributed by atoms with Gasteiger partial charge in [0, 0.05) is 18.4 Å². The van der Waals surface area contributed by atoms with Gasteiger partial charge in [-0.1, -0.05) is 0 Å². The van der Waals surface area contributed by atoms with E-state index >= 15 is 0 Å². The van der Waals surface area contributed by atoms with E-state index in [0.717, 1.165) is 35.6 Å². The largest absolute Gasteiger partial charge is 0.368 e. The molecule has 0 saturated carbocycles. The molecule has 0 radical (unpaired) electrons. The van der Waals surface area contributed by atoms with Crippen molar-refractivity contribution in [2.75, 3.05) is 11.9 Å². The molecular formula is C14H18N6. The molecule has 104 valence electrons. The van der Waals surface area contributed by atoms with Gasteiger partial charge in [0.15, 0.2) is 0 Å². The van der Waals surface area contributed by atoms with Gasteiger partial charge in [0.2, 0.25) is 0 Å². The van der Waals surface area contributed by atoms with E-state index in [2.05, 4.69) is 39.2 Å². The van der Waals surface area contributed by atoms with Crippen LogP contribution < -0.4 is 5.32 Å². The van der Waals surface area contributed by atoms with Crippen LogP contribution in [0.3, 0.4) is 0 Å². The summed E-state index contributed by atoms with van der Waals surface area (Å²) in [4.78, 5) is 11.5. The summed E-state index contributed by atoms with van der Waals surface area (Å²) in [7, 11) is 0. The zero-order valence-corrected chi connectivity index (χ0v) is 11.9. The maximum absolute atomic E-state index is 4.53. The number of anilines is 1. The lowest BCUT2D eigenvalue weighted by Gasteiger charge is -2.08. The Morgan fingerprint density at radius 3 is 2.85 bits per heavy atom. The molecule has 0 aliphatic heterocycles. The second-order valence-corrected chi connectivity index (χ2v) is 4.91. The summed E-state index contributed by atoms with van der Waals surface area (Å²) in [6.07, 6.45) is 3.43. The standard InChI is InChI=1S/C14H18N6/c1-9-10(2)19-20(11(9)3)7-6-16-14-12-4-5-15-13(12)17-8-18-14/h4-5,8H,6-7H2,1-3H3,(H2,15,16,17,18). The highest BCUT2D eigenvalue weighted by Gasteiger charge is 2.07. The van der Waals surface area contributed by atoms with Gasteiger partial charge in [-0.3, -0.25) is 4.68 Å². The van der Waals surface area contributed by atoms with Crippen LogP contribution in [0, 0.1) is 20.8 Å². The van der Waals surface area contributed by atoms with Crippen LogP contribution >= 0.6 is 0 Å². The number of hydrogen-bond donors (Lipinski definition) is 2. The summed E-state index contributed by atoms with van der Waals surface area (Å²) in [6, 6.07) is 1.98. The van der Waals surface area contributed by atoms with Crippen LogP contribution in [0.5, 0.6) is 0 Å². The van der Waals surface area contributed by atoms with Gasteiger partial charge in [-0.15, -0.1) is 0 Å². The van der Waals surface area contributed by atoms with Crippen molar-refractivity contribution < 1.29 is 0 Å². The Hall–Kier alpha value is -2.37. The Kier molecular flexibility index (Phi) is 3.14. The second-order valence-electron chi connectivity index (χ2n) is 4.91. The summed E-state index contributed by atoms with van der Waals surface area (Å²) in [5.41, 5.74) is 4.43. The topological polar surface area (TPSA) is 71.4 Å². The number of aromatic nitrogens is 5. The van der Waals surface area contributed by atoms with E-state index in [9.17, 15) is 0 Å². The summed E-state index contributed by atoms with van der Waals surface area (Å²) in [6.45, 7) is 7.84. The minimum absolute atomic E-state index is 0.776. The lowest BCUT2D eigenvalue weighted by Crippen LogP contribution is -2.13. The molecule has 6 heteroatoms. The van der Waals surface area contributed by atoms with Crippen LogP contribution in [0.15, 0.2) is 18.6 Å². The molecule has 3 rings (SSSR count). The monoisotopic (exact) mass is 270 g/mol. The molecule has 20 heavy (non-hydrogen) atoms. The number of nitrogens with one attached hydrogen (secondary N) is 2. The molecule has 0 fully saturated rings. The van der Waals surface area contributed by atoms with Crippen molar-refractivity contribution in [2.45, 2.75) is 27.3 Å². The van der Waals surface area contributed by atoms with Crippen molar-refractivity contribution >= 4 is 16.9 Å². The average molecular weight is 270 g/mol. The van der Waals surface area contributed by atoms with Crippen LogP contribution in [-0.4, -0.2) is 31.3 Å². The fourth-order valence-corrected chi connectivity index (χ4v) is 2.30. The van der Waals surface area contributed by atoms with Crippen LogP contribution in [-0.2, 0) is 6.54 Å². The molecule has 2 N–H and O–H groups in total. The number of rotatable bonds is 4. The smallest absolute Gasteiger partial charge is 0.142 e. The molecule has 6 nitrogen and oxygen atoms in total. The van der Waals surface area contributed by atoms with Gasteiger partial charge in [0.05, 0.1) is 17.6 Å². The minimum atomic E-state index is 0.776. The molecule has 3 heterocycles. The summed E-state index contributed by atoms with van der Waals surface area (Å²) >= 11 is 0. The van der Waals surface area contributed by atoms with Gasteiger partial charge < -0.3 is 10.3 Å². The number of hydrogen-bond acceptors (Lipinski definition) is 4. The van der Waals surface area contributed by atoms with Crippen molar-refractivity contribution in [3.63, 3.8) is 0 Å². The van der Waals surface area contributed by atoms with E-state index in [1.807, 2.05) is 23.9 Å². The van der Waals surface area contributed by atoms with Crippen molar-refractivity contribution in [3.05, 3.63) is 35.5 Å². The molecular weight excluding hydrogens is 252 g/mol. The van der Waals surface area contributed by atoms with Crippen molar-refractivity contribution in [3.8, 4) is 0 Å². The minimum Gasteiger partial charge on any atom is -0.368 e. The summed E-state index contributed by atoms with van der Waals surface area (Å²) < 4.78 is 2.03. The first-order valence-corrected chi connectivity index (χ1v) is 6.69. The predicted octanol–water partition coefficient (Wildman–Crippen LogP) is 2.19. The molecule has 0 aromatic carbocycles. The van der Waals surface area contributed by atoms with E-state index in [0.29, 0.717) is 0 Å². The Morgan fingerprint density at radius 2 is 2.10 bits per heavy atom. The maximum Gasteiger partial charge on any atom is 0.142 e. The third-order valence-electron chi connectivity index (χ3n) is 3.71. The highest BCUT2D eigenvalue weighted by atomic mass is 15.3. The van der Waals surface area contributed by atoms with E-state index < -0.39 is 0 Å². The van der Waals surface area contributed by atoms with Crippen molar-refractivity contribution in [2.24, 2.45) is 0 Å². The molecule has 0 spiro atoms. The molecule has 0 saturated heterocycles. The Balaban J connectivity index is 1.71. The molecule has 3 aromatic rings. The Bertz CT molecular complexity index is 739. The molecule has 0 unspecified atom stereocenters. The summed E-state index contributed by atoms with van der Waals surface area (Å²) in [5.74, 6) is 0.856. The first kappa shape index (κ1) is 12.7. The maximum atomic E-state index is 4.53. The van der Waals surface area contributed by atoms with Crippen molar-refractivity contribution in [1.82, 2.24) is 24.7 Å². The first-order chi connectivity index (χ1) is 9.66. The van der Waals surface area contributed by atoms with Gasteiger partial charge in [-0.25, -0.2) is 9.97 Å². The van der Waals surface area contributed by atoms with E-state index in [1.54, 1.807) is 6.33 Å². The number of aromatic amines is 1. The fourth-order valence-electron chi connectivity index (χ4n) is 2.30. The molecule has 0 aliphatic rings. The number of nitrogens with zero attached hydrogens (tertiary/aromatic N) is 4. The Morgan fingerprint density at radius 1 is 1.25 bits per heavy atom. The number of aryl methyl sites for hydroxylation is 1. The van der Waals surface area contributed by atoms with Gasteiger partial charge >= 0.3 is 0 Å². The predicted molar refractivity (Wildman–Crippen MR) is 78.8 cm³/mol. The van der Waals surface area contributed by atoms with E-state index in [-0.39, 0.29) is 0 Å². The fraction of sp³-hybridized carbons (Fsp3) is 0.357. The van der Waals surface area contributed by atoms with E-state index in [4.69, 9.17) is 0 Å². The molecule has 0 bridgehead atoms. The highest BCUT2D eigenvalue weighted by molar-refractivity contribution is 5.86. The van der Waals surface area contributed by atoms with Crippen LogP contribution in [0.4, 0.5) is 5.82 Å². The SMILES string of the molecule is Cc1nn(CCNc2ncnc3[nH]ccc23)c(C)c1C. The quantitative estimate of drug-likeness (QED) is 0.762. The van der Waals surface area contributed by atoms with Crippen LogP contribution in [0.2, 0.25) is 0 Å². The summed E-state index contributed by atoms with van der Waals surface area (Å²) in [5, 5.41) is 8.89. The number of H-pyrrole nitrogens is 1. The van der Waals surface area contributed by atoms with Gasteiger partial charge in [0.25, 0.3) is 0 Å². The third-order valence-corrected chi connectivity index (χ3v) is 3.71. The normalized spacial score (nSPS) is 11.2. The van der Waals surface area contributed by atoms with Gasteiger partial charge in [-0.2, -0.15) is 5.10 Å². The van der Waals surface area contributed by atoms with Crippen molar-refractivity contribution in [1.29, 1.82) is 0 Å². The molecule has 0 atom stereocenters. The average Bonchev–Trinajstić information content (AvgIpc) is 3.01. The van der Waals surface area contributed by atoms with Gasteiger partial charge in [0.1, 0.15) is 17.8 Å².